The number of nitrogens with one attached hydrogen (secondary N) is 1. The largest absolute Gasteiger partial charge is 0.388 e. The quantitative estimate of drug-likeness (QED) is 0.802. The molecule has 0 spiro atoms. The van der Waals surface area contributed by atoms with Crippen molar-refractivity contribution >= 4 is 5.69 Å². The summed E-state index contributed by atoms with van der Waals surface area (Å²) >= 11 is 0. The fraction of sp³-hybridized carbons (Fsp3) is 0.500. The third-order valence-corrected chi connectivity index (χ3v) is 3.12. The summed E-state index contributed by atoms with van der Waals surface area (Å²) in [5.74, 6) is 0.276. The first kappa shape index (κ1) is 10.4. The number of benzene rings is 1. The molecule has 0 saturated carbocycles. The third kappa shape index (κ3) is 2.12. The minimum atomic E-state index is -0.0747. The SMILES string of the molecule is CNc1ccc(F)c(C2CCN(C)C2)c1. The predicted octanol–water partition coefficient (Wildman–Crippen LogP) is 2.29. The number of likely N-dealkylation sites (N-methyl/N-ethyl adjacent to an activating group) is 1. The third-order valence-electron chi connectivity index (χ3n) is 3.12. The lowest BCUT2D eigenvalue weighted by Gasteiger charge is -2.13. The van der Waals surface area contributed by atoms with E-state index < -0.39 is 0 Å². The molecule has 1 aliphatic rings. The fourth-order valence-electron chi connectivity index (χ4n) is 2.20. The Labute approximate surface area is 90.1 Å². The van der Waals surface area contributed by atoms with E-state index in [1.807, 2.05) is 13.1 Å². The summed E-state index contributed by atoms with van der Waals surface area (Å²) < 4.78 is 13.6. The summed E-state index contributed by atoms with van der Waals surface area (Å²) in [5.41, 5.74) is 1.84. The van der Waals surface area contributed by atoms with E-state index in [-0.39, 0.29) is 5.82 Å². The van der Waals surface area contributed by atoms with Crippen LogP contribution in [0.3, 0.4) is 0 Å². The summed E-state index contributed by atoms with van der Waals surface area (Å²) in [7, 11) is 3.94. The maximum atomic E-state index is 13.6. The molecule has 15 heavy (non-hydrogen) atoms. The molecule has 1 aromatic rings. The van der Waals surface area contributed by atoms with E-state index >= 15 is 0 Å². The number of hydrogen-bond acceptors (Lipinski definition) is 2. The van der Waals surface area contributed by atoms with E-state index in [1.54, 1.807) is 12.1 Å². The van der Waals surface area contributed by atoms with Gasteiger partial charge in [-0.1, -0.05) is 0 Å². The average Bonchev–Trinajstić information content (AvgIpc) is 2.65. The Kier molecular flexibility index (Phi) is 2.91. The van der Waals surface area contributed by atoms with Gasteiger partial charge in [0.05, 0.1) is 0 Å². The van der Waals surface area contributed by atoms with Gasteiger partial charge >= 0.3 is 0 Å². The zero-order valence-electron chi connectivity index (χ0n) is 9.26. The first-order valence-electron chi connectivity index (χ1n) is 5.36. The van der Waals surface area contributed by atoms with Crippen molar-refractivity contribution in [2.75, 3.05) is 32.5 Å². The van der Waals surface area contributed by atoms with Crippen LogP contribution in [0.25, 0.3) is 0 Å². The van der Waals surface area contributed by atoms with Crippen molar-refractivity contribution in [2.24, 2.45) is 0 Å². The molecular weight excluding hydrogens is 191 g/mol. The van der Waals surface area contributed by atoms with Gasteiger partial charge in [0.15, 0.2) is 0 Å². The molecule has 0 radical (unpaired) electrons. The molecule has 0 amide bonds. The normalized spacial score (nSPS) is 21.9. The Hall–Kier alpha value is -1.09. The molecule has 1 heterocycles. The van der Waals surface area contributed by atoms with Gasteiger partial charge in [0.2, 0.25) is 0 Å². The van der Waals surface area contributed by atoms with Crippen LogP contribution in [0.1, 0.15) is 17.9 Å². The lowest BCUT2D eigenvalue weighted by Crippen LogP contribution is -2.13. The average molecular weight is 208 g/mol. The summed E-state index contributed by atoms with van der Waals surface area (Å²) in [6, 6.07) is 5.26. The minimum absolute atomic E-state index is 0.0747. The summed E-state index contributed by atoms with van der Waals surface area (Å²) in [5, 5.41) is 3.05. The highest BCUT2D eigenvalue weighted by Gasteiger charge is 2.23. The van der Waals surface area contributed by atoms with Crippen LogP contribution >= 0.6 is 0 Å². The molecule has 0 aliphatic carbocycles. The second kappa shape index (κ2) is 4.19. The van der Waals surface area contributed by atoms with Gasteiger partial charge in [-0.15, -0.1) is 0 Å². The maximum Gasteiger partial charge on any atom is 0.126 e. The molecule has 82 valence electrons. The molecule has 0 aromatic heterocycles. The maximum absolute atomic E-state index is 13.6. The van der Waals surface area contributed by atoms with Crippen LogP contribution in [-0.2, 0) is 0 Å². The lowest BCUT2D eigenvalue weighted by molar-refractivity contribution is 0.410. The molecule has 1 aliphatic heterocycles. The number of likely N-dealkylation sites (tertiary alicyclic amines) is 1. The first-order valence-corrected chi connectivity index (χ1v) is 5.36. The summed E-state index contributed by atoms with van der Waals surface area (Å²) in [4.78, 5) is 2.25. The van der Waals surface area contributed by atoms with E-state index in [4.69, 9.17) is 0 Å². The molecule has 3 heteroatoms. The van der Waals surface area contributed by atoms with E-state index in [1.165, 1.54) is 0 Å². The first-order chi connectivity index (χ1) is 7.20. The van der Waals surface area contributed by atoms with E-state index in [0.29, 0.717) is 5.92 Å². The Morgan fingerprint density at radius 3 is 2.87 bits per heavy atom. The van der Waals surface area contributed by atoms with Crippen molar-refractivity contribution in [3.63, 3.8) is 0 Å². The van der Waals surface area contributed by atoms with Crippen molar-refractivity contribution in [2.45, 2.75) is 12.3 Å². The Balaban J connectivity index is 2.26. The van der Waals surface area contributed by atoms with Crippen LogP contribution in [0.5, 0.6) is 0 Å². The van der Waals surface area contributed by atoms with Crippen LogP contribution in [0.4, 0.5) is 10.1 Å². The van der Waals surface area contributed by atoms with Crippen molar-refractivity contribution in [3.8, 4) is 0 Å². The van der Waals surface area contributed by atoms with E-state index in [0.717, 1.165) is 30.8 Å². The van der Waals surface area contributed by atoms with Gasteiger partial charge in [-0.25, -0.2) is 4.39 Å². The molecule has 0 bridgehead atoms. The zero-order valence-corrected chi connectivity index (χ0v) is 9.26. The van der Waals surface area contributed by atoms with Crippen molar-refractivity contribution < 1.29 is 4.39 Å². The molecule has 1 saturated heterocycles. The molecule has 1 N–H and O–H groups in total. The van der Waals surface area contributed by atoms with Crippen LogP contribution in [0, 0.1) is 5.82 Å². The second-order valence-corrected chi connectivity index (χ2v) is 4.23. The van der Waals surface area contributed by atoms with Crippen LogP contribution in [0.2, 0.25) is 0 Å². The van der Waals surface area contributed by atoms with Gasteiger partial charge in [0.1, 0.15) is 5.82 Å². The highest BCUT2D eigenvalue weighted by molar-refractivity contribution is 5.46. The highest BCUT2D eigenvalue weighted by Crippen LogP contribution is 2.29. The zero-order chi connectivity index (χ0) is 10.8. The van der Waals surface area contributed by atoms with Gasteiger partial charge in [-0.05, 0) is 43.8 Å². The van der Waals surface area contributed by atoms with Gasteiger partial charge in [-0.2, -0.15) is 0 Å². The standard InChI is InChI=1S/C12H17FN2/c1-14-10-3-4-12(13)11(7-10)9-5-6-15(2)8-9/h3-4,7,9,14H,5-6,8H2,1-2H3. The van der Waals surface area contributed by atoms with Gasteiger partial charge in [0, 0.05) is 25.2 Å². The smallest absolute Gasteiger partial charge is 0.126 e. The summed E-state index contributed by atoms with van der Waals surface area (Å²) in [6.07, 6.45) is 1.06. The Bertz CT molecular complexity index is 351. The molecule has 1 atom stereocenters. The van der Waals surface area contributed by atoms with Crippen LogP contribution in [0.15, 0.2) is 18.2 Å². The number of nitrogens with zero attached hydrogens (tertiary/aromatic N) is 1. The Morgan fingerprint density at radius 1 is 1.47 bits per heavy atom. The number of halogens is 1. The Morgan fingerprint density at radius 2 is 2.27 bits per heavy atom. The van der Waals surface area contributed by atoms with Gasteiger partial charge < -0.3 is 10.2 Å². The molecular formula is C12H17FN2. The van der Waals surface area contributed by atoms with Gasteiger partial charge in [-0.3, -0.25) is 0 Å². The van der Waals surface area contributed by atoms with Crippen molar-refractivity contribution in [1.29, 1.82) is 0 Å². The van der Waals surface area contributed by atoms with Gasteiger partial charge in [0.25, 0.3) is 0 Å². The number of rotatable bonds is 2. The van der Waals surface area contributed by atoms with E-state index in [2.05, 4.69) is 17.3 Å². The summed E-state index contributed by atoms with van der Waals surface area (Å²) in [6.45, 7) is 2.03. The van der Waals surface area contributed by atoms with E-state index in [9.17, 15) is 4.39 Å². The minimum Gasteiger partial charge on any atom is -0.388 e. The molecule has 1 unspecified atom stereocenters. The fourth-order valence-corrected chi connectivity index (χ4v) is 2.20. The lowest BCUT2D eigenvalue weighted by atomic mass is 9.97. The molecule has 2 nitrogen and oxygen atoms in total. The number of anilines is 1. The number of hydrogen-bond donors (Lipinski definition) is 1. The molecule has 1 aromatic carbocycles. The predicted molar refractivity (Wildman–Crippen MR) is 60.8 cm³/mol. The molecule has 2 rings (SSSR count). The second-order valence-electron chi connectivity index (χ2n) is 4.23. The van der Waals surface area contributed by atoms with Crippen LogP contribution < -0.4 is 5.32 Å². The van der Waals surface area contributed by atoms with Crippen molar-refractivity contribution in [1.82, 2.24) is 4.90 Å². The topological polar surface area (TPSA) is 15.3 Å². The van der Waals surface area contributed by atoms with Crippen LogP contribution in [-0.4, -0.2) is 32.1 Å². The molecule has 1 fully saturated rings. The monoisotopic (exact) mass is 208 g/mol. The highest BCUT2D eigenvalue weighted by atomic mass is 19.1. The van der Waals surface area contributed by atoms with Crippen molar-refractivity contribution in [3.05, 3.63) is 29.6 Å².